The van der Waals surface area contributed by atoms with Crippen molar-refractivity contribution in [2.24, 2.45) is 0 Å². The summed E-state index contributed by atoms with van der Waals surface area (Å²) in [5.74, 6) is -0.0279. The number of alkyl halides is 2. The largest absolute Gasteiger partial charge is 0.451 e. The third-order valence-electron chi connectivity index (χ3n) is 4.84. The Morgan fingerprint density at radius 1 is 0.967 bits per heavy atom. The second-order valence-electron chi connectivity index (χ2n) is 6.75. The summed E-state index contributed by atoms with van der Waals surface area (Å²) in [4.78, 5) is 16.8. The van der Waals surface area contributed by atoms with Crippen LogP contribution in [-0.4, -0.2) is 15.5 Å². The molecule has 0 aliphatic carbocycles. The van der Waals surface area contributed by atoms with E-state index in [-0.39, 0.29) is 11.6 Å². The predicted molar refractivity (Wildman–Crippen MR) is 111 cm³/mol. The Labute approximate surface area is 169 Å². The number of carbonyl (C=O) groups is 1. The van der Waals surface area contributed by atoms with E-state index in [2.05, 4.69) is 10.3 Å². The van der Waals surface area contributed by atoms with Crippen LogP contribution < -0.4 is 5.32 Å². The van der Waals surface area contributed by atoms with Crippen LogP contribution in [0.3, 0.4) is 0 Å². The number of halogens is 2. The molecule has 5 nitrogen and oxygen atoms in total. The number of aromatic nitrogens is 2. The molecule has 7 heteroatoms. The standard InChI is InChI=1S/C23H15F2N3O2/c24-23(25)28-18-7-3-2-6-17(18)27-21(28)14-9-11-16(12-10-14)26-22(29)20-13-15-5-1-4-8-19(15)30-20/h1-13,23H,(H,26,29). The first-order chi connectivity index (χ1) is 14.6. The molecule has 1 amide bonds. The third-order valence-corrected chi connectivity index (χ3v) is 4.84. The summed E-state index contributed by atoms with van der Waals surface area (Å²) >= 11 is 0. The van der Waals surface area contributed by atoms with Crippen molar-refractivity contribution in [3.05, 3.63) is 84.6 Å². The molecule has 3 aromatic carbocycles. The number of anilines is 1. The van der Waals surface area contributed by atoms with Gasteiger partial charge in [0, 0.05) is 16.6 Å². The number of amides is 1. The Kier molecular flexibility index (Phi) is 4.28. The number of fused-ring (bicyclic) bond motifs is 2. The Bertz CT molecular complexity index is 1340. The third kappa shape index (κ3) is 3.10. The molecule has 5 rings (SSSR count). The lowest BCUT2D eigenvalue weighted by atomic mass is 10.2. The molecular weight excluding hydrogens is 388 g/mol. The summed E-state index contributed by atoms with van der Waals surface area (Å²) < 4.78 is 33.8. The van der Waals surface area contributed by atoms with E-state index in [1.54, 1.807) is 60.7 Å². The van der Waals surface area contributed by atoms with Crippen LogP contribution in [0.15, 0.2) is 83.3 Å². The molecule has 0 saturated heterocycles. The average molecular weight is 403 g/mol. The zero-order valence-corrected chi connectivity index (χ0v) is 15.5. The van der Waals surface area contributed by atoms with Gasteiger partial charge < -0.3 is 9.73 Å². The van der Waals surface area contributed by atoms with Gasteiger partial charge in [-0.05, 0) is 48.5 Å². The molecule has 0 bridgehead atoms. The minimum absolute atomic E-state index is 0.168. The molecule has 0 radical (unpaired) electrons. The van der Waals surface area contributed by atoms with Crippen molar-refractivity contribution >= 4 is 33.6 Å². The first-order valence-corrected chi connectivity index (χ1v) is 9.25. The van der Waals surface area contributed by atoms with Gasteiger partial charge in [0.05, 0.1) is 11.0 Å². The number of imidazole rings is 1. The minimum atomic E-state index is -2.72. The van der Waals surface area contributed by atoms with Crippen molar-refractivity contribution in [2.75, 3.05) is 5.32 Å². The van der Waals surface area contributed by atoms with Gasteiger partial charge in [-0.2, -0.15) is 8.78 Å². The number of nitrogens with zero attached hydrogens (tertiary/aromatic N) is 2. The first-order valence-electron chi connectivity index (χ1n) is 9.25. The second-order valence-corrected chi connectivity index (χ2v) is 6.75. The number of furan rings is 1. The molecule has 148 valence electrons. The van der Waals surface area contributed by atoms with E-state index in [1.165, 1.54) is 0 Å². The summed E-state index contributed by atoms with van der Waals surface area (Å²) in [7, 11) is 0. The SMILES string of the molecule is O=C(Nc1ccc(-c2nc3ccccc3n2C(F)F)cc1)c1cc2ccccc2o1. The van der Waals surface area contributed by atoms with Gasteiger partial charge in [-0.15, -0.1) is 0 Å². The minimum Gasteiger partial charge on any atom is -0.451 e. The van der Waals surface area contributed by atoms with E-state index in [4.69, 9.17) is 4.42 Å². The highest BCUT2D eigenvalue weighted by atomic mass is 19.3. The molecule has 0 aliphatic heterocycles. The normalized spacial score (nSPS) is 11.4. The highest BCUT2D eigenvalue weighted by molar-refractivity contribution is 6.04. The maximum absolute atomic E-state index is 13.7. The molecule has 2 aromatic heterocycles. The summed E-state index contributed by atoms with van der Waals surface area (Å²) in [6.07, 6.45) is 0. The van der Waals surface area contributed by atoms with Crippen molar-refractivity contribution in [1.82, 2.24) is 9.55 Å². The summed E-state index contributed by atoms with van der Waals surface area (Å²) in [5.41, 5.74) is 2.53. The molecule has 5 aromatic rings. The molecule has 0 unspecified atom stereocenters. The quantitative estimate of drug-likeness (QED) is 0.395. The summed E-state index contributed by atoms with van der Waals surface area (Å²) in [6.45, 7) is -2.72. The average Bonchev–Trinajstić information content (AvgIpc) is 3.36. The lowest BCUT2D eigenvalue weighted by Crippen LogP contribution is -2.10. The number of hydrogen-bond acceptors (Lipinski definition) is 3. The predicted octanol–water partition coefficient (Wildman–Crippen LogP) is 6.10. The van der Waals surface area contributed by atoms with E-state index in [0.29, 0.717) is 27.9 Å². The van der Waals surface area contributed by atoms with Gasteiger partial charge in [0.1, 0.15) is 11.4 Å². The van der Waals surface area contributed by atoms with Gasteiger partial charge in [-0.3, -0.25) is 9.36 Å². The molecule has 30 heavy (non-hydrogen) atoms. The van der Waals surface area contributed by atoms with E-state index < -0.39 is 12.5 Å². The number of nitrogens with one attached hydrogen (secondary N) is 1. The van der Waals surface area contributed by atoms with Crippen molar-refractivity contribution in [3.8, 4) is 11.4 Å². The fraction of sp³-hybridized carbons (Fsp3) is 0.0435. The molecule has 0 saturated carbocycles. The zero-order valence-electron chi connectivity index (χ0n) is 15.5. The fourth-order valence-corrected chi connectivity index (χ4v) is 3.43. The van der Waals surface area contributed by atoms with Crippen molar-refractivity contribution in [1.29, 1.82) is 0 Å². The maximum Gasteiger partial charge on any atom is 0.320 e. The first kappa shape index (κ1) is 18.1. The van der Waals surface area contributed by atoms with Crippen LogP contribution in [0.2, 0.25) is 0 Å². The lowest BCUT2D eigenvalue weighted by Gasteiger charge is -2.09. The van der Waals surface area contributed by atoms with Crippen LogP contribution in [0.1, 0.15) is 17.1 Å². The van der Waals surface area contributed by atoms with Crippen LogP contribution in [0.5, 0.6) is 0 Å². The lowest BCUT2D eigenvalue weighted by molar-refractivity contribution is 0.0764. The highest BCUT2D eigenvalue weighted by Crippen LogP contribution is 2.30. The van der Waals surface area contributed by atoms with Gasteiger partial charge in [0.2, 0.25) is 0 Å². The van der Waals surface area contributed by atoms with Crippen LogP contribution in [0.25, 0.3) is 33.4 Å². The Morgan fingerprint density at radius 2 is 1.70 bits per heavy atom. The van der Waals surface area contributed by atoms with Gasteiger partial charge >= 0.3 is 6.55 Å². The van der Waals surface area contributed by atoms with Crippen LogP contribution in [0, 0.1) is 0 Å². The molecule has 1 N–H and O–H groups in total. The van der Waals surface area contributed by atoms with E-state index in [9.17, 15) is 13.6 Å². The van der Waals surface area contributed by atoms with E-state index in [0.717, 1.165) is 9.95 Å². The number of benzene rings is 3. The molecule has 0 fully saturated rings. The molecule has 0 aliphatic rings. The summed E-state index contributed by atoms with van der Waals surface area (Å²) in [5, 5.41) is 3.59. The molecule has 0 spiro atoms. The number of para-hydroxylation sites is 3. The topological polar surface area (TPSA) is 60.1 Å². The van der Waals surface area contributed by atoms with Gasteiger partial charge in [0.15, 0.2) is 5.76 Å². The van der Waals surface area contributed by atoms with Crippen LogP contribution in [0.4, 0.5) is 14.5 Å². The van der Waals surface area contributed by atoms with Gasteiger partial charge in [0.25, 0.3) is 5.91 Å². The van der Waals surface area contributed by atoms with Crippen molar-refractivity contribution in [2.45, 2.75) is 6.55 Å². The second kappa shape index (κ2) is 7.11. The number of carbonyl (C=O) groups excluding carboxylic acids is 1. The van der Waals surface area contributed by atoms with E-state index in [1.807, 2.05) is 18.2 Å². The Balaban J connectivity index is 1.43. The highest BCUT2D eigenvalue weighted by Gasteiger charge is 2.19. The van der Waals surface area contributed by atoms with E-state index >= 15 is 0 Å². The van der Waals surface area contributed by atoms with Crippen LogP contribution >= 0.6 is 0 Å². The smallest absolute Gasteiger partial charge is 0.320 e. The molecule has 2 heterocycles. The zero-order chi connectivity index (χ0) is 20.7. The Morgan fingerprint density at radius 3 is 2.47 bits per heavy atom. The van der Waals surface area contributed by atoms with Gasteiger partial charge in [-0.1, -0.05) is 30.3 Å². The maximum atomic E-state index is 13.7. The monoisotopic (exact) mass is 403 g/mol. The van der Waals surface area contributed by atoms with Crippen molar-refractivity contribution in [3.63, 3.8) is 0 Å². The number of rotatable bonds is 4. The number of hydrogen-bond donors (Lipinski definition) is 1. The summed E-state index contributed by atoms with van der Waals surface area (Å²) in [6, 6.07) is 22.4. The Hall–Kier alpha value is -4.00. The fourth-order valence-electron chi connectivity index (χ4n) is 3.43. The van der Waals surface area contributed by atoms with Gasteiger partial charge in [-0.25, -0.2) is 4.98 Å². The van der Waals surface area contributed by atoms with Crippen LogP contribution in [-0.2, 0) is 0 Å². The van der Waals surface area contributed by atoms with Crippen molar-refractivity contribution < 1.29 is 18.0 Å². The molecule has 0 atom stereocenters. The molecular formula is C23H15F2N3O2.